The molecule has 0 aliphatic heterocycles. The van der Waals surface area contributed by atoms with Crippen LogP contribution in [-0.4, -0.2) is 47.0 Å². The molecule has 0 saturated heterocycles. The molecule has 0 amide bonds. The third-order valence-corrected chi connectivity index (χ3v) is 9.76. The summed E-state index contributed by atoms with van der Waals surface area (Å²) in [7, 11) is -9.89. The van der Waals surface area contributed by atoms with Crippen molar-refractivity contribution in [1.29, 1.82) is 0 Å². The first kappa shape index (κ1) is 68.6. The van der Waals surface area contributed by atoms with Gasteiger partial charge in [-0.15, -0.1) is 43.5 Å². The van der Waals surface area contributed by atoms with Gasteiger partial charge in [-0.25, -0.2) is 37.3 Å². The molecule has 66 heavy (non-hydrogen) atoms. The summed E-state index contributed by atoms with van der Waals surface area (Å²) in [6.45, 7) is 23.5. The van der Waals surface area contributed by atoms with Crippen molar-refractivity contribution >= 4 is 24.9 Å². The van der Waals surface area contributed by atoms with Crippen molar-refractivity contribution < 1.29 is 123 Å². The molecule has 0 heterocycles. The molecule has 0 atom stereocenters. The predicted octanol–water partition coefficient (Wildman–Crippen LogP) is -4.27. The summed E-state index contributed by atoms with van der Waals surface area (Å²) in [4.78, 5) is 18.5. The molecule has 0 radical (unpaired) electrons. The van der Waals surface area contributed by atoms with Gasteiger partial charge in [-0.2, -0.15) is 0 Å². The van der Waals surface area contributed by atoms with E-state index in [1.54, 1.807) is 73.4 Å². The molecule has 0 aliphatic rings. The van der Waals surface area contributed by atoms with Gasteiger partial charge < -0.3 is 31.4 Å². The Bertz CT molecular complexity index is 1920. The van der Waals surface area contributed by atoms with Crippen molar-refractivity contribution in [3.8, 4) is 23.0 Å². The normalized spacial score (nSPS) is 12.1. The van der Waals surface area contributed by atoms with Crippen LogP contribution in [0.4, 0.5) is 0 Å². The van der Waals surface area contributed by atoms with Crippen molar-refractivity contribution in [3.05, 3.63) is 117 Å². The third-order valence-electron chi connectivity index (χ3n) is 9.76. The molecule has 22 heteroatoms. The maximum Gasteiger partial charge on any atom is 3.00 e. The second-order valence-electron chi connectivity index (χ2n) is 16.2. The number of aryl methyl sites for hydroxylation is 4. The molecule has 0 bridgehead atoms. The van der Waals surface area contributed by atoms with Crippen molar-refractivity contribution in [2.24, 2.45) is 20.0 Å². The van der Waals surface area contributed by atoms with E-state index in [0.29, 0.717) is 22.3 Å². The molecule has 4 aromatic rings. The van der Waals surface area contributed by atoms with E-state index in [4.69, 9.17) is 37.3 Å². The Morgan fingerprint density at radius 2 is 0.485 bits per heavy atom. The molecule has 0 aromatic heterocycles. The average molecular weight is 1050 g/mol. The summed E-state index contributed by atoms with van der Waals surface area (Å²) in [5, 5.41) is 47.8. The molecule has 0 fully saturated rings. The topological polar surface area (TPSA) is 392 Å². The summed E-state index contributed by atoms with van der Waals surface area (Å²) in [6.07, 6.45) is 6.49. The number of hydrogen-bond acceptors (Lipinski definition) is 16. The maximum atomic E-state index is 12.0. The van der Waals surface area contributed by atoms with E-state index in [9.17, 15) is 20.4 Å². The molecule has 0 aliphatic carbocycles. The van der Waals surface area contributed by atoms with E-state index in [1.807, 2.05) is 107 Å². The van der Waals surface area contributed by atoms with Gasteiger partial charge in [-0.3, -0.25) is 20.0 Å². The monoisotopic (exact) mass is 1050 g/mol. The molecule has 0 saturated carbocycles. The quantitative estimate of drug-likeness (QED) is 0.0828. The summed E-state index contributed by atoms with van der Waals surface area (Å²) in [6, 6.07) is 20.7. The van der Waals surface area contributed by atoms with Crippen LogP contribution in [-0.2, 0) is 45.1 Å². The minimum absolute atomic E-state index is 0. The zero-order valence-corrected chi connectivity index (χ0v) is 42.5. The fourth-order valence-corrected chi connectivity index (χ4v) is 4.63. The summed E-state index contributed by atoms with van der Waals surface area (Å²) in [5.74, 6) is -0.196. The average Bonchev–Trinajstić information content (AvgIpc) is 3.12. The van der Waals surface area contributed by atoms with Crippen LogP contribution in [0.5, 0.6) is 23.0 Å². The van der Waals surface area contributed by atoms with Gasteiger partial charge in [0.1, 0.15) is 0 Å². The van der Waals surface area contributed by atoms with Gasteiger partial charge >= 0.3 is 34.1 Å². The van der Waals surface area contributed by atoms with E-state index in [2.05, 4.69) is 20.0 Å². The van der Waals surface area contributed by atoms with Crippen molar-refractivity contribution in [3.63, 3.8) is 0 Å². The second-order valence-corrected chi connectivity index (χ2v) is 17.7. The zero-order valence-electron chi connectivity index (χ0n) is 38.6. The largest absolute Gasteiger partial charge is 3.00 e. The van der Waals surface area contributed by atoms with Crippen molar-refractivity contribution in [2.45, 2.75) is 105 Å². The van der Waals surface area contributed by atoms with Crippen molar-refractivity contribution in [1.82, 2.24) is 0 Å². The maximum absolute atomic E-state index is 12.0. The van der Waals surface area contributed by atoms with Crippen LogP contribution in [0.1, 0.15) is 99.9 Å². The molecule has 4 rings (SSSR count). The van der Waals surface area contributed by atoms with Gasteiger partial charge in [-0.1, -0.05) is 95.1 Å². The second kappa shape index (κ2) is 28.3. The van der Waals surface area contributed by atoms with Crippen LogP contribution in [0, 0.1) is 48.2 Å². The summed E-state index contributed by atoms with van der Waals surface area (Å²) < 4.78 is 67.9. The van der Waals surface area contributed by atoms with E-state index in [0.717, 1.165) is 22.3 Å². The molecule has 364 valence electrons. The summed E-state index contributed by atoms with van der Waals surface area (Å²) >= 11 is 0. The van der Waals surface area contributed by atoms with Gasteiger partial charge in [0.2, 0.25) is 0 Å². The number of halogens is 2. The van der Waals surface area contributed by atoms with Crippen LogP contribution >= 0.6 is 0 Å². The number of hydrogen-bond donors (Lipinski definition) is 0. The van der Waals surface area contributed by atoms with Gasteiger partial charge in [0.05, 0.1) is 22.2 Å². The molecule has 18 nitrogen and oxygen atoms in total. The fraction of sp³-hybridized carbons (Fsp3) is 0.364. The number of aliphatic imine (C=N–C) groups is 4. The first-order valence-corrected chi connectivity index (χ1v) is 21.1. The van der Waals surface area contributed by atoms with E-state index in [-0.39, 0.29) is 68.1 Å². The molecule has 0 spiro atoms. The Hall–Kier alpha value is -4.02. The van der Waals surface area contributed by atoms with Crippen LogP contribution < -0.4 is 57.7 Å². The minimum Gasteiger partial charge on any atom is -0.872 e. The third kappa shape index (κ3) is 25.8. The predicted molar refractivity (Wildman–Crippen MR) is 219 cm³/mol. The Balaban J connectivity index is -0.000000459. The molecule has 6 N–H and O–H groups in total. The van der Waals surface area contributed by atoms with Crippen LogP contribution in [0.25, 0.3) is 0 Å². The van der Waals surface area contributed by atoms with E-state index < -0.39 is 42.6 Å². The smallest absolute Gasteiger partial charge is 0.872 e. The molecular formula is C44H58Cl2Mn2N4O14+2. The molecule has 4 aromatic carbocycles. The SMILES string of the molecule is Cc1ccc([O-])c(C=NC(C)(C)C(C)(C)N=Cc2cc(C)ccc2[O-])c1.Cc1ccc([O-])c(C=NC(C)(C)C(C)(C)N=Cc2cc(C)ccc2[O-])c1.[Mn+3].[Mn+3].[O-][Cl+3]([O-])([O-])[O-].[O-][Cl+3]([O-])([O-])[O-].[OH3+].[OH3+]. The van der Waals surface area contributed by atoms with Crippen LogP contribution in [0.3, 0.4) is 0 Å². The standard InChI is InChI=1S/2C22H28N2O2.2ClHO4.2Mn.2H2O/c2*1-15-7-9-19(25)17(11-15)13-23-21(3,4)22(5,6)24-14-18-12-16(2)8-10-20(18)26;2*2-1(3,4)5;;;;/h2*7-14,25-26H,1-6H3;2*(H,2,3,4,5);;;2*1H2/q;;;;2*+3;;/p-4. The van der Waals surface area contributed by atoms with Gasteiger partial charge in [0.15, 0.2) is 0 Å². The van der Waals surface area contributed by atoms with Crippen LogP contribution in [0.2, 0.25) is 0 Å². The molecular weight excluding hydrogens is 989 g/mol. The van der Waals surface area contributed by atoms with Gasteiger partial charge in [0.25, 0.3) is 0 Å². The van der Waals surface area contributed by atoms with Crippen molar-refractivity contribution in [2.75, 3.05) is 0 Å². The summed E-state index contributed by atoms with van der Waals surface area (Å²) in [5.41, 5.74) is 4.09. The van der Waals surface area contributed by atoms with E-state index in [1.165, 1.54) is 0 Å². The first-order chi connectivity index (χ1) is 28.0. The Morgan fingerprint density at radius 1 is 0.348 bits per heavy atom. The Labute approximate surface area is 411 Å². The van der Waals surface area contributed by atoms with Gasteiger partial charge in [0, 0.05) is 24.9 Å². The molecule has 0 unspecified atom stereocenters. The number of benzene rings is 4. The first-order valence-electron chi connectivity index (χ1n) is 18.6. The zero-order chi connectivity index (χ0) is 48.1. The number of nitrogens with zero attached hydrogens (tertiary/aromatic N) is 4. The minimum atomic E-state index is -4.94. The fourth-order valence-electron chi connectivity index (χ4n) is 4.63. The Kier molecular flexibility index (Phi) is 29.4. The van der Waals surface area contributed by atoms with Gasteiger partial charge in [-0.05, 0) is 105 Å². The van der Waals surface area contributed by atoms with E-state index >= 15 is 0 Å². The van der Waals surface area contributed by atoms with Crippen LogP contribution in [0.15, 0.2) is 92.8 Å². The Morgan fingerprint density at radius 3 is 0.621 bits per heavy atom. The number of rotatable bonds is 10.